The number of aromatic nitrogens is 8. The van der Waals surface area contributed by atoms with Crippen molar-refractivity contribution in [2.24, 2.45) is 0 Å². The number of ether oxygens (including phenoxy) is 5. The van der Waals surface area contributed by atoms with Gasteiger partial charge in [0.15, 0.2) is 45.7 Å². The van der Waals surface area contributed by atoms with E-state index in [1.807, 2.05) is 13.8 Å². The van der Waals surface area contributed by atoms with Crippen molar-refractivity contribution in [2.45, 2.75) is 127 Å². The van der Waals surface area contributed by atoms with Crippen molar-refractivity contribution in [1.29, 1.82) is 0 Å². The number of anilines is 2. The molecule has 0 aliphatic carbocycles. The van der Waals surface area contributed by atoms with Gasteiger partial charge in [-0.05, 0) is 12.8 Å². The Kier molecular flexibility index (Phi) is 11.9. The topological polar surface area (TPSA) is 237 Å². The predicted molar refractivity (Wildman–Crippen MR) is 196 cm³/mol. The number of terminal acetylenes is 2. The van der Waals surface area contributed by atoms with Gasteiger partial charge >= 0.3 is 30.1 Å². The van der Waals surface area contributed by atoms with Crippen LogP contribution >= 0.6 is 0 Å². The summed E-state index contributed by atoms with van der Waals surface area (Å²) in [5.74, 6) is 2.82. The molecule has 302 valence electrons. The van der Waals surface area contributed by atoms with E-state index >= 15 is 0 Å². The molecule has 57 heavy (non-hydrogen) atoms. The molecule has 1 unspecified atom stereocenters. The van der Waals surface area contributed by atoms with Gasteiger partial charge in [0, 0.05) is 38.5 Å². The Morgan fingerprint density at radius 3 is 1.88 bits per heavy atom. The van der Waals surface area contributed by atoms with Crippen molar-refractivity contribution in [3.8, 4) is 24.7 Å². The molecule has 2 saturated heterocycles. The fourth-order valence-corrected chi connectivity index (χ4v) is 7.05. The van der Waals surface area contributed by atoms with Crippen molar-refractivity contribution >= 4 is 51.9 Å². The van der Waals surface area contributed by atoms with Gasteiger partial charge in [0.1, 0.15) is 24.7 Å². The number of nitrogens with two attached hydrogens (primary N) is 2. The molecule has 2 aliphatic rings. The van der Waals surface area contributed by atoms with Gasteiger partial charge in [0.25, 0.3) is 0 Å². The van der Waals surface area contributed by atoms with E-state index in [0.29, 0.717) is 25.7 Å². The zero-order valence-electron chi connectivity index (χ0n) is 31.5. The summed E-state index contributed by atoms with van der Waals surface area (Å²) >= 11 is 0. The highest BCUT2D eigenvalue weighted by atomic mass is 19.1. The lowest BCUT2D eigenvalue weighted by Gasteiger charge is -2.40. The van der Waals surface area contributed by atoms with Crippen LogP contribution in [-0.2, 0) is 38.1 Å². The quantitative estimate of drug-likeness (QED) is 0.0757. The number of fused-ring (bicyclic) bond motifs is 2. The molecule has 4 aromatic heterocycles. The Labute approximate surface area is 325 Å². The van der Waals surface area contributed by atoms with E-state index in [0.717, 1.165) is 0 Å². The summed E-state index contributed by atoms with van der Waals surface area (Å²) in [6.07, 6.45) is 8.12. The summed E-state index contributed by atoms with van der Waals surface area (Å²) in [7, 11) is 0. The van der Waals surface area contributed by atoms with Gasteiger partial charge in [-0.2, -0.15) is 28.7 Å². The summed E-state index contributed by atoms with van der Waals surface area (Å²) in [5, 5.41) is 0. The Morgan fingerprint density at radius 2 is 1.35 bits per heavy atom. The van der Waals surface area contributed by atoms with Gasteiger partial charge in [0.05, 0.1) is 12.7 Å². The predicted octanol–water partition coefficient (Wildman–Crippen LogP) is 3.61. The Hall–Kier alpha value is -5.99. The van der Waals surface area contributed by atoms with E-state index in [1.165, 1.54) is 21.8 Å². The van der Waals surface area contributed by atoms with Crippen LogP contribution in [0.4, 0.5) is 20.4 Å². The van der Waals surface area contributed by atoms with Crippen LogP contribution in [0, 0.1) is 36.8 Å². The average molecular weight is 793 g/mol. The highest BCUT2D eigenvalue weighted by Gasteiger charge is 2.62. The molecule has 18 nitrogen and oxygen atoms in total. The Bertz CT molecular complexity index is 2250. The lowest BCUT2D eigenvalue weighted by Crippen LogP contribution is -2.56. The average Bonchev–Trinajstić information content (AvgIpc) is 3.96. The van der Waals surface area contributed by atoms with Gasteiger partial charge in [0.2, 0.25) is 5.60 Å². The van der Waals surface area contributed by atoms with Crippen LogP contribution in [-0.4, -0.2) is 86.5 Å². The molecule has 4 N–H and O–H groups in total. The monoisotopic (exact) mass is 792 g/mol. The van der Waals surface area contributed by atoms with Gasteiger partial charge in [-0.15, -0.1) is 12.8 Å². The Morgan fingerprint density at radius 1 is 0.825 bits per heavy atom. The van der Waals surface area contributed by atoms with E-state index in [4.69, 9.17) is 48.0 Å². The smallest absolute Gasteiger partial charge is 0.312 e. The lowest BCUT2D eigenvalue weighted by molar-refractivity contribution is -0.195. The molecule has 0 bridgehead atoms. The lowest BCUT2D eigenvalue weighted by atomic mass is 9.81. The summed E-state index contributed by atoms with van der Waals surface area (Å²) in [6.45, 7) is 5.36. The largest absolute Gasteiger partial charge is 0.458 e. The van der Waals surface area contributed by atoms with Gasteiger partial charge in [-0.25, -0.2) is 9.97 Å². The Balaban J connectivity index is 1.46. The molecule has 2 fully saturated rings. The number of hydrogen-bond donors (Lipinski definition) is 2. The second-order valence-electron chi connectivity index (χ2n) is 13.7. The van der Waals surface area contributed by atoms with E-state index in [1.54, 1.807) is 6.92 Å². The highest BCUT2D eigenvalue weighted by molar-refractivity contribution is 5.82. The number of carbonyl (C=O) groups is 3. The summed E-state index contributed by atoms with van der Waals surface area (Å²) in [5.41, 5.74) is 7.87. The van der Waals surface area contributed by atoms with E-state index in [-0.39, 0.29) is 66.1 Å². The SMILES string of the molecule is C#C[C@@]1(CC(OC(=O)CCCC)[C@@]2(C#C)O[C@@H](n3cnc4c(N)nc(F)nc43)C[C@@H]2OC(=O)CC)O[C@@H](n2cnc3c(N)nc(F)nc32)C[C@@H]1OC(=O)CCCC. The van der Waals surface area contributed by atoms with Crippen molar-refractivity contribution in [2.75, 3.05) is 11.5 Å². The first-order valence-corrected chi connectivity index (χ1v) is 18.5. The molecule has 0 saturated carbocycles. The second-order valence-corrected chi connectivity index (χ2v) is 13.7. The maximum atomic E-state index is 14.4. The van der Waals surface area contributed by atoms with Crippen molar-refractivity contribution < 1.29 is 46.8 Å². The molecule has 6 heterocycles. The third-order valence-corrected chi connectivity index (χ3v) is 9.99. The summed E-state index contributed by atoms with van der Waals surface area (Å²) in [4.78, 5) is 63.0. The van der Waals surface area contributed by atoms with Crippen LogP contribution in [0.25, 0.3) is 22.3 Å². The van der Waals surface area contributed by atoms with Crippen LogP contribution in [0.2, 0.25) is 0 Å². The van der Waals surface area contributed by atoms with E-state index in [9.17, 15) is 23.2 Å². The number of rotatable bonds is 15. The number of hydrogen-bond acceptors (Lipinski definition) is 16. The number of nitrogen functional groups attached to an aromatic ring is 2. The zero-order chi connectivity index (χ0) is 41.1. The number of carbonyl (C=O) groups excluding carboxylic acids is 3. The van der Waals surface area contributed by atoms with Crippen LogP contribution in [0.5, 0.6) is 0 Å². The maximum absolute atomic E-state index is 14.4. The van der Waals surface area contributed by atoms with Gasteiger partial charge in [-0.1, -0.05) is 45.5 Å². The molecular weight excluding hydrogens is 750 g/mol. The van der Waals surface area contributed by atoms with E-state index < -0.39 is 78.5 Å². The van der Waals surface area contributed by atoms with Crippen molar-refractivity contribution in [1.82, 2.24) is 39.0 Å². The first-order chi connectivity index (χ1) is 27.3. The first kappa shape index (κ1) is 40.7. The van der Waals surface area contributed by atoms with Crippen molar-refractivity contribution in [3.05, 3.63) is 24.8 Å². The highest BCUT2D eigenvalue weighted by Crippen LogP contribution is 2.49. The molecule has 6 rings (SSSR count). The number of imidazole rings is 2. The van der Waals surface area contributed by atoms with Gasteiger partial charge < -0.3 is 35.2 Å². The standard InChI is InChI=1S/C37H42F2N10O8/c1-6-11-13-26(51)53-20-15-23(48-18-42-28-30(40)44-34(38)46-32(28)48)56-36(20,9-4)17-22(55-27(52)14-12-7-2)37(10-5)21(54-25(50)8-3)16-24(57-37)49-19-43-29-31(41)45-35(39)47-33(29)49/h4-5,18-24H,6-8,11-17H2,1-3H3,(H2,40,44,46)(H2,41,45,47)/t20-,21-,22?,23+,24+,36-,37-/m0/s1. The summed E-state index contributed by atoms with van der Waals surface area (Å²) in [6, 6.07) is 0. The number of unbranched alkanes of at least 4 members (excludes halogenated alkanes) is 2. The number of halogens is 2. The van der Waals surface area contributed by atoms with Crippen LogP contribution < -0.4 is 11.5 Å². The minimum absolute atomic E-state index is 0.0292. The maximum Gasteiger partial charge on any atom is 0.312 e. The molecular formula is C37H42F2N10O8. The molecule has 0 spiro atoms. The molecule has 20 heteroatoms. The minimum Gasteiger partial charge on any atom is -0.458 e. The fourth-order valence-electron chi connectivity index (χ4n) is 7.05. The second kappa shape index (κ2) is 16.6. The van der Waals surface area contributed by atoms with Crippen LogP contribution in [0.3, 0.4) is 0 Å². The minimum atomic E-state index is -2.10. The van der Waals surface area contributed by atoms with E-state index in [2.05, 4.69) is 41.7 Å². The molecule has 2 aliphatic heterocycles. The molecule has 7 atom stereocenters. The normalized spacial score (nSPS) is 24.9. The van der Waals surface area contributed by atoms with Crippen LogP contribution in [0.15, 0.2) is 12.7 Å². The molecule has 0 aromatic carbocycles. The third kappa shape index (κ3) is 7.87. The molecule has 0 amide bonds. The molecule has 0 radical (unpaired) electrons. The summed E-state index contributed by atoms with van der Waals surface area (Å²) < 4.78 is 62.8. The zero-order valence-corrected chi connectivity index (χ0v) is 31.5. The van der Waals surface area contributed by atoms with Crippen LogP contribution in [0.1, 0.15) is 97.4 Å². The fraction of sp³-hybridized carbons (Fsp3) is 0.541. The third-order valence-electron chi connectivity index (χ3n) is 9.99. The van der Waals surface area contributed by atoms with Gasteiger partial charge in [-0.3, -0.25) is 23.5 Å². The first-order valence-electron chi connectivity index (χ1n) is 18.5. The number of nitrogens with zero attached hydrogens (tertiary/aromatic N) is 8. The van der Waals surface area contributed by atoms with Crippen molar-refractivity contribution in [3.63, 3.8) is 0 Å². The molecule has 4 aromatic rings. The number of esters is 3.